The lowest BCUT2D eigenvalue weighted by Crippen LogP contribution is -2.27. The molecule has 0 aliphatic heterocycles. The van der Waals surface area contributed by atoms with E-state index in [1.54, 1.807) is 19.2 Å². The second kappa shape index (κ2) is 5.34. The molecule has 1 aromatic carbocycles. The molecule has 0 saturated heterocycles. The van der Waals surface area contributed by atoms with Crippen molar-refractivity contribution in [1.29, 1.82) is 0 Å². The molecule has 0 radical (unpaired) electrons. The predicted molar refractivity (Wildman–Crippen MR) is 66.1 cm³/mol. The van der Waals surface area contributed by atoms with Crippen LogP contribution in [-0.2, 0) is 4.79 Å². The van der Waals surface area contributed by atoms with Crippen LogP contribution in [0.15, 0.2) is 18.2 Å². The lowest BCUT2D eigenvalue weighted by molar-refractivity contribution is -0.118. The summed E-state index contributed by atoms with van der Waals surface area (Å²) in [6.45, 7) is 1.90. The van der Waals surface area contributed by atoms with Gasteiger partial charge in [0.15, 0.2) is 0 Å². The van der Waals surface area contributed by atoms with E-state index < -0.39 is 5.97 Å². The number of benzene rings is 1. The van der Waals surface area contributed by atoms with E-state index in [9.17, 15) is 9.59 Å². The second-order valence-electron chi connectivity index (χ2n) is 3.78. The minimum Gasteiger partial charge on any atom is -0.478 e. The number of hydrogen-bond acceptors (Lipinski definition) is 3. The molecule has 0 atom stereocenters. The molecule has 0 heterocycles. The van der Waals surface area contributed by atoms with Crippen LogP contribution in [0, 0.1) is 0 Å². The lowest BCUT2D eigenvalue weighted by atomic mass is 10.1. The van der Waals surface area contributed by atoms with Crippen molar-refractivity contribution in [3.8, 4) is 0 Å². The highest BCUT2D eigenvalue weighted by Crippen LogP contribution is 2.23. The molecule has 5 heteroatoms. The van der Waals surface area contributed by atoms with Crippen LogP contribution in [0.4, 0.5) is 11.4 Å². The molecular weight excluding hydrogens is 220 g/mol. The number of carbonyl (C=O) groups excluding carboxylic acids is 1. The molecular formula is C12H16N2O3. The number of amides is 1. The van der Waals surface area contributed by atoms with E-state index in [0.717, 1.165) is 6.42 Å². The Morgan fingerprint density at radius 2 is 2.06 bits per heavy atom. The van der Waals surface area contributed by atoms with Gasteiger partial charge in [-0.2, -0.15) is 0 Å². The van der Waals surface area contributed by atoms with Gasteiger partial charge in [0.25, 0.3) is 0 Å². The average molecular weight is 236 g/mol. The van der Waals surface area contributed by atoms with Gasteiger partial charge in [-0.3, -0.25) is 4.79 Å². The summed E-state index contributed by atoms with van der Waals surface area (Å²) < 4.78 is 0. The fourth-order valence-electron chi connectivity index (χ4n) is 1.53. The Morgan fingerprint density at radius 1 is 1.41 bits per heavy atom. The highest BCUT2D eigenvalue weighted by molar-refractivity contribution is 6.02. The van der Waals surface area contributed by atoms with Gasteiger partial charge >= 0.3 is 5.97 Å². The first-order valence-corrected chi connectivity index (χ1v) is 5.36. The summed E-state index contributed by atoms with van der Waals surface area (Å²) in [5, 5.41) is 9.06. The molecule has 0 aromatic heterocycles. The van der Waals surface area contributed by atoms with Crippen LogP contribution in [0.3, 0.4) is 0 Å². The van der Waals surface area contributed by atoms with Gasteiger partial charge in [-0.15, -0.1) is 0 Å². The monoisotopic (exact) mass is 236 g/mol. The summed E-state index contributed by atoms with van der Waals surface area (Å²) in [4.78, 5) is 24.1. The number of hydrogen-bond donors (Lipinski definition) is 2. The van der Waals surface area contributed by atoms with Crippen LogP contribution < -0.4 is 10.6 Å². The van der Waals surface area contributed by atoms with Crippen LogP contribution >= 0.6 is 0 Å². The van der Waals surface area contributed by atoms with Crippen molar-refractivity contribution in [3.05, 3.63) is 23.8 Å². The highest BCUT2D eigenvalue weighted by atomic mass is 16.4. The van der Waals surface area contributed by atoms with E-state index in [2.05, 4.69) is 0 Å². The zero-order chi connectivity index (χ0) is 13.0. The molecule has 0 aliphatic rings. The van der Waals surface area contributed by atoms with Crippen molar-refractivity contribution < 1.29 is 14.7 Å². The van der Waals surface area contributed by atoms with Crippen molar-refractivity contribution in [2.45, 2.75) is 19.8 Å². The molecule has 0 bridgehead atoms. The smallest absolute Gasteiger partial charge is 0.337 e. The summed E-state index contributed by atoms with van der Waals surface area (Å²) >= 11 is 0. The van der Waals surface area contributed by atoms with Gasteiger partial charge in [0, 0.05) is 19.2 Å². The summed E-state index contributed by atoms with van der Waals surface area (Å²) in [5.41, 5.74) is 6.30. The Bertz CT molecular complexity index is 443. The Labute approximate surface area is 99.8 Å². The first-order chi connectivity index (χ1) is 7.97. The quantitative estimate of drug-likeness (QED) is 0.780. The molecule has 5 nitrogen and oxygen atoms in total. The Kier molecular flexibility index (Phi) is 4.09. The number of anilines is 2. The molecule has 0 saturated carbocycles. The Hall–Kier alpha value is -2.04. The Balaban J connectivity index is 3.12. The van der Waals surface area contributed by atoms with Gasteiger partial charge in [0.1, 0.15) is 0 Å². The van der Waals surface area contributed by atoms with E-state index in [1.165, 1.54) is 11.0 Å². The lowest BCUT2D eigenvalue weighted by Gasteiger charge is -2.19. The maximum Gasteiger partial charge on any atom is 0.337 e. The minimum atomic E-state index is -1.09. The minimum absolute atomic E-state index is 0.0388. The summed E-state index contributed by atoms with van der Waals surface area (Å²) in [6, 6.07) is 4.48. The third kappa shape index (κ3) is 2.96. The van der Waals surface area contributed by atoms with Crippen LogP contribution in [-0.4, -0.2) is 24.0 Å². The second-order valence-corrected chi connectivity index (χ2v) is 3.78. The largest absolute Gasteiger partial charge is 0.478 e. The number of nitrogens with zero attached hydrogens (tertiary/aromatic N) is 1. The molecule has 0 fully saturated rings. The van der Waals surface area contributed by atoms with E-state index in [1.807, 2.05) is 6.92 Å². The maximum atomic E-state index is 11.7. The van der Waals surface area contributed by atoms with E-state index in [0.29, 0.717) is 17.8 Å². The number of aromatic carboxylic acids is 1. The maximum absolute atomic E-state index is 11.7. The van der Waals surface area contributed by atoms with Gasteiger partial charge in [0.05, 0.1) is 11.3 Å². The van der Waals surface area contributed by atoms with Crippen LogP contribution in [0.1, 0.15) is 30.1 Å². The average Bonchev–Trinajstić information content (AvgIpc) is 2.28. The molecule has 17 heavy (non-hydrogen) atoms. The number of carbonyl (C=O) groups is 2. The molecule has 1 aromatic rings. The van der Waals surface area contributed by atoms with E-state index in [-0.39, 0.29) is 11.5 Å². The van der Waals surface area contributed by atoms with Gasteiger partial charge in [-0.1, -0.05) is 6.92 Å². The SMILES string of the molecule is CCCC(=O)N(C)c1ccc(N)cc1C(=O)O. The zero-order valence-electron chi connectivity index (χ0n) is 9.93. The molecule has 3 N–H and O–H groups in total. The molecule has 1 rings (SSSR count). The number of nitrogen functional groups attached to an aromatic ring is 1. The summed E-state index contributed by atoms with van der Waals surface area (Å²) in [5.74, 6) is -1.21. The fraction of sp³-hybridized carbons (Fsp3) is 0.333. The highest BCUT2D eigenvalue weighted by Gasteiger charge is 2.17. The zero-order valence-corrected chi connectivity index (χ0v) is 9.93. The third-order valence-electron chi connectivity index (χ3n) is 2.45. The number of carboxylic acid groups (broad SMARTS) is 1. The standard InChI is InChI=1S/C12H16N2O3/c1-3-4-11(15)14(2)10-6-5-8(13)7-9(10)12(16)17/h5-7H,3-4,13H2,1-2H3,(H,16,17). The molecule has 0 spiro atoms. The summed E-state index contributed by atoms with van der Waals surface area (Å²) in [6.07, 6.45) is 1.11. The molecule has 1 amide bonds. The van der Waals surface area contributed by atoms with Crippen LogP contribution in [0.25, 0.3) is 0 Å². The van der Waals surface area contributed by atoms with E-state index >= 15 is 0 Å². The number of nitrogens with two attached hydrogens (primary N) is 1. The molecule has 0 unspecified atom stereocenters. The van der Waals surface area contributed by atoms with Gasteiger partial charge < -0.3 is 15.7 Å². The number of rotatable bonds is 4. The van der Waals surface area contributed by atoms with Crippen LogP contribution in [0.2, 0.25) is 0 Å². The van der Waals surface area contributed by atoms with Crippen molar-refractivity contribution >= 4 is 23.3 Å². The van der Waals surface area contributed by atoms with Gasteiger partial charge in [-0.25, -0.2) is 4.79 Å². The van der Waals surface area contributed by atoms with E-state index in [4.69, 9.17) is 10.8 Å². The van der Waals surface area contributed by atoms with Crippen molar-refractivity contribution in [2.24, 2.45) is 0 Å². The van der Waals surface area contributed by atoms with Crippen molar-refractivity contribution in [1.82, 2.24) is 0 Å². The summed E-state index contributed by atoms with van der Waals surface area (Å²) in [7, 11) is 1.57. The predicted octanol–water partition coefficient (Wildman–Crippen LogP) is 1.73. The van der Waals surface area contributed by atoms with Crippen LogP contribution in [0.5, 0.6) is 0 Å². The third-order valence-corrected chi connectivity index (χ3v) is 2.45. The fourth-order valence-corrected chi connectivity index (χ4v) is 1.53. The first kappa shape index (κ1) is 13.0. The number of carboxylic acids is 1. The topological polar surface area (TPSA) is 83.6 Å². The first-order valence-electron chi connectivity index (χ1n) is 5.36. The molecule has 0 aliphatic carbocycles. The normalized spacial score (nSPS) is 10.0. The Morgan fingerprint density at radius 3 is 2.59 bits per heavy atom. The van der Waals surface area contributed by atoms with Crippen molar-refractivity contribution in [2.75, 3.05) is 17.7 Å². The molecule has 92 valence electrons. The van der Waals surface area contributed by atoms with Gasteiger partial charge in [-0.05, 0) is 24.6 Å². The van der Waals surface area contributed by atoms with Gasteiger partial charge in [0.2, 0.25) is 5.91 Å². The van der Waals surface area contributed by atoms with Crippen molar-refractivity contribution in [3.63, 3.8) is 0 Å².